The van der Waals surface area contributed by atoms with Gasteiger partial charge in [0, 0.05) is 18.9 Å². The highest BCUT2D eigenvalue weighted by Gasteiger charge is 2.12. The lowest BCUT2D eigenvalue weighted by molar-refractivity contribution is -0.116. The molecule has 0 unspecified atom stereocenters. The van der Waals surface area contributed by atoms with Gasteiger partial charge in [0.05, 0.1) is 17.3 Å². The van der Waals surface area contributed by atoms with Gasteiger partial charge in [-0.25, -0.2) is 4.98 Å². The molecule has 0 aliphatic rings. The van der Waals surface area contributed by atoms with Crippen LogP contribution in [0.2, 0.25) is 0 Å². The normalized spacial score (nSPS) is 11.1. The zero-order valence-electron chi connectivity index (χ0n) is 13.3. The molecule has 0 radical (unpaired) electrons. The smallest absolute Gasteiger partial charge is 0.231 e. The van der Waals surface area contributed by atoms with E-state index < -0.39 is 0 Å². The molecule has 0 aliphatic carbocycles. The molecule has 9 heteroatoms. The number of carbonyl (C=O) groups excluding carboxylic acids is 1. The van der Waals surface area contributed by atoms with Crippen molar-refractivity contribution in [2.75, 3.05) is 12.4 Å². The Balaban J connectivity index is 1.44. The fraction of sp³-hybridized carbons (Fsp3) is 0.188. The molecule has 1 N–H and O–H groups in total. The third-order valence-corrected chi connectivity index (χ3v) is 4.58. The van der Waals surface area contributed by atoms with E-state index in [1.807, 2.05) is 24.3 Å². The molecule has 4 rings (SSSR count). The van der Waals surface area contributed by atoms with E-state index in [4.69, 9.17) is 4.74 Å². The van der Waals surface area contributed by atoms with Crippen LogP contribution in [0.25, 0.3) is 15.9 Å². The molecule has 25 heavy (non-hydrogen) atoms. The topological polar surface area (TPSA) is 94.3 Å². The van der Waals surface area contributed by atoms with Crippen molar-refractivity contribution >= 4 is 38.2 Å². The maximum atomic E-state index is 12.2. The van der Waals surface area contributed by atoms with Crippen LogP contribution in [0.4, 0.5) is 5.13 Å². The first kappa shape index (κ1) is 15.5. The Morgan fingerprint density at radius 2 is 2.12 bits per heavy atom. The first-order valence-electron chi connectivity index (χ1n) is 7.64. The molecule has 0 fully saturated rings. The van der Waals surface area contributed by atoms with Crippen molar-refractivity contribution < 1.29 is 9.53 Å². The van der Waals surface area contributed by atoms with Crippen molar-refractivity contribution in [3.8, 4) is 5.88 Å². The minimum absolute atomic E-state index is 0.126. The summed E-state index contributed by atoms with van der Waals surface area (Å²) in [5.41, 5.74) is 1.49. The van der Waals surface area contributed by atoms with Crippen molar-refractivity contribution in [1.82, 2.24) is 24.8 Å². The van der Waals surface area contributed by atoms with Crippen molar-refractivity contribution in [3.63, 3.8) is 0 Å². The zero-order valence-corrected chi connectivity index (χ0v) is 14.2. The van der Waals surface area contributed by atoms with Gasteiger partial charge in [0.2, 0.25) is 11.8 Å². The number of fused-ring (bicyclic) bond motifs is 2. The SMILES string of the molecule is COc1ccc2nnc(CCC(=O)Nc3nc4ccccc4s3)n2n1. The van der Waals surface area contributed by atoms with Gasteiger partial charge >= 0.3 is 0 Å². The quantitative estimate of drug-likeness (QED) is 0.591. The summed E-state index contributed by atoms with van der Waals surface area (Å²) >= 11 is 1.45. The number of ether oxygens (including phenoxy) is 1. The lowest BCUT2D eigenvalue weighted by Gasteiger charge is -2.02. The van der Waals surface area contributed by atoms with E-state index in [1.165, 1.54) is 11.3 Å². The van der Waals surface area contributed by atoms with Crippen LogP contribution in [0.1, 0.15) is 12.2 Å². The number of rotatable bonds is 5. The Morgan fingerprint density at radius 3 is 2.96 bits per heavy atom. The van der Waals surface area contributed by atoms with Gasteiger partial charge in [-0.1, -0.05) is 23.5 Å². The number of carbonyl (C=O) groups is 1. The number of nitrogens with one attached hydrogen (secondary N) is 1. The zero-order chi connectivity index (χ0) is 17.2. The number of amides is 1. The molecular formula is C16H14N6O2S. The third-order valence-electron chi connectivity index (χ3n) is 3.63. The fourth-order valence-corrected chi connectivity index (χ4v) is 3.30. The summed E-state index contributed by atoms with van der Waals surface area (Å²) in [6.45, 7) is 0. The number of nitrogens with zero attached hydrogens (tertiary/aromatic N) is 5. The number of methoxy groups -OCH3 is 1. The standard InChI is InChI=1S/C16H14N6O2S/c1-24-15-9-7-13-20-19-12(22(13)21-15)6-8-14(23)18-16-17-10-4-2-3-5-11(10)25-16/h2-5,7,9H,6,8H2,1H3,(H,17,18,23). The van der Waals surface area contributed by atoms with E-state index >= 15 is 0 Å². The molecule has 126 valence electrons. The number of anilines is 1. The van der Waals surface area contributed by atoms with E-state index in [9.17, 15) is 4.79 Å². The largest absolute Gasteiger partial charge is 0.480 e. The lowest BCUT2D eigenvalue weighted by atomic mass is 10.3. The molecule has 0 saturated carbocycles. The average Bonchev–Trinajstić information content (AvgIpc) is 3.22. The second-order valence-corrected chi connectivity index (χ2v) is 6.33. The molecule has 1 amide bonds. The molecular weight excluding hydrogens is 340 g/mol. The minimum atomic E-state index is -0.126. The van der Waals surface area contributed by atoms with Gasteiger partial charge in [0.25, 0.3) is 0 Å². The Hall–Kier alpha value is -3.07. The Labute approximate surface area is 146 Å². The van der Waals surface area contributed by atoms with Gasteiger partial charge in [-0.2, -0.15) is 4.52 Å². The predicted molar refractivity (Wildman–Crippen MR) is 93.9 cm³/mol. The van der Waals surface area contributed by atoms with Crippen molar-refractivity contribution in [2.45, 2.75) is 12.8 Å². The number of aromatic nitrogens is 5. The van der Waals surface area contributed by atoms with Crippen LogP contribution in [0.15, 0.2) is 36.4 Å². The molecule has 0 bridgehead atoms. The number of thiazole rings is 1. The molecule has 0 aliphatic heterocycles. The molecule has 3 aromatic heterocycles. The molecule has 0 atom stereocenters. The van der Waals surface area contributed by atoms with Gasteiger partial charge in [-0.15, -0.1) is 15.3 Å². The van der Waals surface area contributed by atoms with Crippen LogP contribution in [-0.2, 0) is 11.2 Å². The summed E-state index contributed by atoms with van der Waals surface area (Å²) in [6, 6.07) is 11.2. The van der Waals surface area contributed by atoms with Crippen LogP contribution in [0.5, 0.6) is 5.88 Å². The van der Waals surface area contributed by atoms with E-state index in [1.54, 1.807) is 23.8 Å². The second-order valence-electron chi connectivity index (χ2n) is 5.30. The Bertz CT molecular complexity index is 1020. The maximum absolute atomic E-state index is 12.2. The van der Waals surface area contributed by atoms with Crippen LogP contribution < -0.4 is 10.1 Å². The summed E-state index contributed by atoms with van der Waals surface area (Å²) in [6.07, 6.45) is 0.674. The van der Waals surface area contributed by atoms with Gasteiger partial charge in [0.1, 0.15) is 0 Å². The van der Waals surface area contributed by atoms with Crippen molar-refractivity contribution in [1.29, 1.82) is 0 Å². The fourth-order valence-electron chi connectivity index (χ4n) is 2.41. The van der Waals surface area contributed by atoms with Crippen LogP contribution in [0, 0.1) is 0 Å². The molecule has 8 nitrogen and oxygen atoms in total. The Morgan fingerprint density at radius 1 is 1.24 bits per heavy atom. The molecule has 0 spiro atoms. The van der Waals surface area contributed by atoms with Crippen molar-refractivity contribution in [3.05, 3.63) is 42.2 Å². The first-order chi connectivity index (χ1) is 12.2. The maximum Gasteiger partial charge on any atom is 0.231 e. The molecule has 0 saturated heterocycles. The van der Waals surface area contributed by atoms with Gasteiger partial charge in [0.15, 0.2) is 16.6 Å². The van der Waals surface area contributed by atoms with Gasteiger partial charge < -0.3 is 10.1 Å². The summed E-state index contributed by atoms with van der Waals surface area (Å²) in [4.78, 5) is 16.6. The molecule has 1 aromatic carbocycles. The number of aryl methyl sites for hydroxylation is 1. The third kappa shape index (κ3) is 3.13. The number of para-hydroxylation sites is 1. The van der Waals surface area contributed by atoms with E-state index in [-0.39, 0.29) is 12.3 Å². The summed E-state index contributed by atoms with van der Waals surface area (Å²) in [7, 11) is 1.55. The lowest BCUT2D eigenvalue weighted by Crippen LogP contribution is -2.13. The monoisotopic (exact) mass is 354 g/mol. The van der Waals surface area contributed by atoms with Gasteiger partial charge in [-0.3, -0.25) is 4.79 Å². The number of benzene rings is 1. The Kier molecular flexibility index (Phi) is 3.98. The van der Waals surface area contributed by atoms with Crippen LogP contribution in [0.3, 0.4) is 0 Å². The number of hydrogen-bond donors (Lipinski definition) is 1. The van der Waals surface area contributed by atoms with Crippen LogP contribution in [-0.4, -0.2) is 37.8 Å². The minimum Gasteiger partial charge on any atom is -0.480 e. The van der Waals surface area contributed by atoms with Crippen LogP contribution >= 0.6 is 11.3 Å². The predicted octanol–water partition coefficient (Wildman–Crippen LogP) is 2.31. The van der Waals surface area contributed by atoms with E-state index in [2.05, 4.69) is 25.6 Å². The number of hydrogen-bond acceptors (Lipinski definition) is 7. The summed E-state index contributed by atoms with van der Waals surface area (Å²) in [5, 5.41) is 15.8. The second kappa shape index (κ2) is 6.44. The molecule has 4 aromatic rings. The van der Waals surface area contributed by atoms with Gasteiger partial charge in [-0.05, 0) is 18.2 Å². The highest BCUT2D eigenvalue weighted by molar-refractivity contribution is 7.22. The highest BCUT2D eigenvalue weighted by atomic mass is 32.1. The molecule has 3 heterocycles. The first-order valence-corrected chi connectivity index (χ1v) is 8.45. The summed E-state index contributed by atoms with van der Waals surface area (Å²) in [5.74, 6) is 0.944. The summed E-state index contributed by atoms with van der Waals surface area (Å²) < 4.78 is 7.73. The highest BCUT2D eigenvalue weighted by Crippen LogP contribution is 2.25. The average molecular weight is 354 g/mol. The van der Waals surface area contributed by atoms with E-state index in [0.717, 1.165) is 10.2 Å². The van der Waals surface area contributed by atoms with E-state index in [0.29, 0.717) is 28.9 Å². The van der Waals surface area contributed by atoms with Crippen molar-refractivity contribution in [2.24, 2.45) is 0 Å².